The Morgan fingerprint density at radius 2 is 1.52 bits per heavy atom. The quantitative estimate of drug-likeness (QED) is 0.640. The predicted octanol–water partition coefficient (Wildman–Crippen LogP) is 4.11. The van der Waals surface area contributed by atoms with Gasteiger partial charge in [0.1, 0.15) is 5.75 Å². The number of anilines is 1. The van der Waals surface area contributed by atoms with E-state index in [-0.39, 0.29) is 18.2 Å². The summed E-state index contributed by atoms with van der Waals surface area (Å²) in [6.45, 7) is 2.44. The highest BCUT2D eigenvalue weighted by molar-refractivity contribution is 6.04. The summed E-state index contributed by atoms with van der Waals surface area (Å²) in [4.78, 5) is 25.1. The lowest BCUT2D eigenvalue weighted by Gasteiger charge is -2.12. The van der Waals surface area contributed by atoms with Crippen LogP contribution in [0.4, 0.5) is 5.69 Å². The zero-order chi connectivity index (χ0) is 20.6. The highest BCUT2D eigenvalue weighted by atomic mass is 16.5. The number of para-hydroxylation sites is 1. The third kappa shape index (κ3) is 5.69. The summed E-state index contributed by atoms with van der Waals surface area (Å²) in [5, 5.41) is 5.75. The average Bonchev–Trinajstić information content (AvgIpc) is 2.74. The molecule has 0 radical (unpaired) electrons. The topological polar surface area (TPSA) is 67.4 Å². The van der Waals surface area contributed by atoms with Crippen molar-refractivity contribution in [2.45, 2.75) is 19.9 Å². The van der Waals surface area contributed by atoms with Crippen molar-refractivity contribution in [1.82, 2.24) is 5.32 Å². The Kier molecular flexibility index (Phi) is 6.63. The van der Waals surface area contributed by atoms with Crippen molar-refractivity contribution < 1.29 is 14.3 Å². The molecule has 2 N–H and O–H groups in total. The molecule has 0 atom stereocenters. The number of methoxy groups -OCH3 is 1. The van der Waals surface area contributed by atoms with Gasteiger partial charge in [0.25, 0.3) is 5.91 Å². The molecule has 0 saturated heterocycles. The van der Waals surface area contributed by atoms with Gasteiger partial charge in [0.15, 0.2) is 0 Å². The van der Waals surface area contributed by atoms with Crippen LogP contribution in [-0.2, 0) is 17.8 Å². The van der Waals surface area contributed by atoms with Crippen LogP contribution in [-0.4, -0.2) is 18.9 Å². The van der Waals surface area contributed by atoms with E-state index in [2.05, 4.69) is 10.6 Å². The molecule has 3 aromatic carbocycles. The standard InChI is InChI=1S/C24H24N2O3/c1-17-7-9-19(10-8-17)16-25-24(28)21-5-3-4-6-22(21)26-23(27)15-18-11-13-20(29-2)14-12-18/h3-14H,15-16H2,1-2H3,(H,25,28)(H,26,27). The molecular formula is C24H24N2O3. The minimum Gasteiger partial charge on any atom is -0.497 e. The molecule has 5 heteroatoms. The zero-order valence-electron chi connectivity index (χ0n) is 16.6. The Morgan fingerprint density at radius 3 is 2.21 bits per heavy atom. The average molecular weight is 388 g/mol. The molecule has 0 aromatic heterocycles. The summed E-state index contributed by atoms with van der Waals surface area (Å²) in [5.74, 6) is 0.324. The van der Waals surface area contributed by atoms with E-state index in [0.717, 1.165) is 16.9 Å². The number of hydrogen-bond donors (Lipinski definition) is 2. The van der Waals surface area contributed by atoms with Gasteiger partial charge < -0.3 is 15.4 Å². The van der Waals surface area contributed by atoms with E-state index in [4.69, 9.17) is 4.74 Å². The van der Waals surface area contributed by atoms with Crippen LogP contribution >= 0.6 is 0 Å². The molecule has 0 spiro atoms. The summed E-state index contributed by atoms with van der Waals surface area (Å²) < 4.78 is 5.13. The Hall–Kier alpha value is -3.60. The minimum absolute atomic E-state index is 0.186. The second kappa shape index (κ2) is 9.55. The molecule has 3 rings (SSSR count). The SMILES string of the molecule is COc1ccc(CC(=O)Nc2ccccc2C(=O)NCc2ccc(C)cc2)cc1. The van der Waals surface area contributed by atoms with Crippen LogP contribution in [0.25, 0.3) is 0 Å². The number of amides is 2. The molecular weight excluding hydrogens is 364 g/mol. The molecule has 0 heterocycles. The third-order valence-corrected chi connectivity index (χ3v) is 4.54. The predicted molar refractivity (Wildman–Crippen MR) is 114 cm³/mol. The molecule has 0 unspecified atom stereocenters. The largest absolute Gasteiger partial charge is 0.497 e. The van der Waals surface area contributed by atoms with Crippen LogP contribution in [0.3, 0.4) is 0 Å². The Morgan fingerprint density at radius 1 is 0.862 bits per heavy atom. The number of benzene rings is 3. The van der Waals surface area contributed by atoms with Gasteiger partial charge in [0, 0.05) is 6.54 Å². The first-order valence-corrected chi connectivity index (χ1v) is 9.40. The zero-order valence-corrected chi connectivity index (χ0v) is 16.6. The number of hydrogen-bond acceptors (Lipinski definition) is 3. The van der Waals surface area contributed by atoms with Crippen LogP contribution in [0.15, 0.2) is 72.8 Å². The van der Waals surface area contributed by atoms with E-state index in [1.165, 1.54) is 5.56 Å². The number of ether oxygens (including phenoxy) is 1. The van der Waals surface area contributed by atoms with E-state index >= 15 is 0 Å². The Labute approximate surface area is 170 Å². The number of carbonyl (C=O) groups excluding carboxylic acids is 2. The van der Waals surface area contributed by atoms with Crippen LogP contribution < -0.4 is 15.4 Å². The number of carbonyl (C=O) groups is 2. The van der Waals surface area contributed by atoms with Crippen molar-refractivity contribution in [2.24, 2.45) is 0 Å². The van der Waals surface area contributed by atoms with Crippen LogP contribution in [0, 0.1) is 6.92 Å². The lowest BCUT2D eigenvalue weighted by molar-refractivity contribution is -0.115. The van der Waals surface area contributed by atoms with Gasteiger partial charge in [-0.25, -0.2) is 0 Å². The van der Waals surface area contributed by atoms with Gasteiger partial charge in [-0.15, -0.1) is 0 Å². The van der Waals surface area contributed by atoms with Crippen molar-refractivity contribution in [3.63, 3.8) is 0 Å². The smallest absolute Gasteiger partial charge is 0.253 e. The fraction of sp³-hybridized carbons (Fsp3) is 0.167. The number of nitrogens with one attached hydrogen (secondary N) is 2. The van der Waals surface area contributed by atoms with Gasteiger partial charge in [-0.1, -0.05) is 54.1 Å². The van der Waals surface area contributed by atoms with Gasteiger partial charge in [0.2, 0.25) is 5.91 Å². The molecule has 5 nitrogen and oxygen atoms in total. The van der Waals surface area contributed by atoms with Crippen molar-refractivity contribution >= 4 is 17.5 Å². The maximum Gasteiger partial charge on any atom is 0.253 e. The van der Waals surface area contributed by atoms with Crippen molar-refractivity contribution in [1.29, 1.82) is 0 Å². The first kappa shape index (κ1) is 20.1. The molecule has 0 saturated carbocycles. The lowest BCUT2D eigenvalue weighted by Crippen LogP contribution is -2.25. The summed E-state index contributed by atoms with van der Waals surface area (Å²) in [6.07, 6.45) is 0.212. The van der Waals surface area contributed by atoms with Crippen LogP contribution in [0.2, 0.25) is 0 Å². The minimum atomic E-state index is -0.231. The Balaban J connectivity index is 1.63. The highest BCUT2D eigenvalue weighted by Gasteiger charge is 2.13. The fourth-order valence-corrected chi connectivity index (χ4v) is 2.90. The molecule has 0 aliphatic rings. The molecule has 148 valence electrons. The fourth-order valence-electron chi connectivity index (χ4n) is 2.90. The highest BCUT2D eigenvalue weighted by Crippen LogP contribution is 2.17. The van der Waals surface area contributed by atoms with Gasteiger partial charge >= 0.3 is 0 Å². The van der Waals surface area contributed by atoms with E-state index in [1.807, 2.05) is 55.5 Å². The van der Waals surface area contributed by atoms with E-state index in [9.17, 15) is 9.59 Å². The van der Waals surface area contributed by atoms with Gasteiger partial charge in [-0.2, -0.15) is 0 Å². The second-order valence-corrected chi connectivity index (χ2v) is 6.79. The van der Waals surface area contributed by atoms with Gasteiger partial charge in [0.05, 0.1) is 24.8 Å². The van der Waals surface area contributed by atoms with Crippen molar-refractivity contribution in [3.8, 4) is 5.75 Å². The number of rotatable bonds is 7. The maximum atomic E-state index is 12.6. The Bertz CT molecular complexity index is 980. The van der Waals surface area contributed by atoms with E-state index in [1.54, 1.807) is 31.4 Å². The monoisotopic (exact) mass is 388 g/mol. The number of aryl methyl sites for hydroxylation is 1. The maximum absolute atomic E-state index is 12.6. The van der Waals surface area contributed by atoms with E-state index in [0.29, 0.717) is 17.8 Å². The normalized spacial score (nSPS) is 10.3. The van der Waals surface area contributed by atoms with Gasteiger partial charge in [-0.05, 0) is 42.3 Å². The molecule has 2 amide bonds. The molecule has 29 heavy (non-hydrogen) atoms. The van der Waals surface area contributed by atoms with Crippen molar-refractivity contribution in [2.75, 3.05) is 12.4 Å². The summed E-state index contributed by atoms with van der Waals surface area (Å²) in [6, 6.07) is 22.3. The third-order valence-electron chi connectivity index (χ3n) is 4.54. The summed E-state index contributed by atoms with van der Waals surface area (Å²) >= 11 is 0. The molecule has 0 fully saturated rings. The molecule has 0 aliphatic heterocycles. The summed E-state index contributed by atoms with van der Waals surface area (Å²) in [5.41, 5.74) is 3.98. The first-order chi connectivity index (χ1) is 14.0. The second-order valence-electron chi connectivity index (χ2n) is 6.79. The van der Waals surface area contributed by atoms with Crippen LogP contribution in [0.5, 0.6) is 5.75 Å². The molecule has 3 aromatic rings. The van der Waals surface area contributed by atoms with Crippen molar-refractivity contribution in [3.05, 3.63) is 95.1 Å². The lowest BCUT2D eigenvalue weighted by atomic mass is 10.1. The summed E-state index contributed by atoms with van der Waals surface area (Å²) in [7, 11) is 1.60. The van der Waals surface area contributed by atoms with Crippen LogP contribution in [0.1, 0.15) is 27.0 Å². The first-order valence-electron chi connectivity index (χ1n) is 9.40. The van der Waals surface area contributed by atoms with E-state index < -0.39 is 0 Å². The van der Waals surface area contributed by atoms with Gasteiger partial charge in [-0.3, -0.25) is 9.59 Å². The molecule has 0 aliphatic carbocycles. The molecule has 0 bridgehead atoms.